The van der Waals surface area contributed by atoms with E-state index in [1.165, 1.54) is 0 Å². The van der Waals surface area contributed by atoms with Gasteiger partial charge in [-0.2, -0.15) is 0 Å². The first-order chi connectivity index (χ1) is 25.5. The Hall–Kier alpha value is -1.23. The minimum atomic E-state index is -1.92. The zero-order chi connectivity index (χ0) is 40.4. The summed E-state index contributed by atoms with van der Waals surface area (Å²) in [7, 11) is 0. The first-order valence-electron chi connectivity index (χ1n) is 20.7. The molecule has 2 aliphatic heterocycles. The Morgan fingerprint density at radius 2 is 1.44 bits per heavy atom. The van der Waals surface area contributed by atoms with Gasteiger partial charge in [-0.25, -0.2) is 4.79 Å². The van der Waals surface area contributed by atoms with Crippen molar-refractivity contribution >= 4 is 5.97 Å². The molecular formula is C42H68O13. The van der Waals surface area contributed by atoms with E-state index in [0.717, 1.165) is 51.4 Å². The highest BCUT2D eigenvalue weighted by Gasteiger charge is 2.69. The minimum Gasteiger partial charge on any atom is -0.479 e. The van der Waals surface area contributed by atoms with Gasteiger partial charge in [-0.3, -0.25) is 0 Å². The second-order valence-corrected chi connectivity index (χ2v) is 21.0. The highest BCUT2D eigenvalue weighted by atomic mass is 16.8. The van der Waals surface area contributed by atoms with E-state index in [1.54, 1.807) is 5.57 Å². The number of rotatable bonds is 6. The van der Waals surface area contributed by atoms with E-state index in [2.05, 4.69) is 61.5 Å². The second kappa shape index (κ2) is 13.9. The first-order valence-corrected chi connectivity index (χ1v) is 20.7. The number of aliphatic carboxylic acids is 1. The third-order valence-electron chi connectivity index (χ3n) is 17.3. The molecular weight excluding hydrogens is 712 g/mol. The van der Waals surface area contributed by atoms with E-state index in [9.17, 15) is 45.6 Å². The molecule has 0 amide bonds. The lowest BCUT2D eigenvalue weighted by molar-refractivity contribution is -0.374. The normalized spacial score (nSPS) is 54.5. The maximum absolute atomic E-state index is 12.2. The molecule has 8 N–H and O–H groups in total. The summed E-state index contributed by atoms with van der Waals surface area (Å²) in [6.45, 7) is 18.1. The zero-order valence-electron chi connectivity index (χ0n) is 33.9. The van der Waals surface area contributed by atoms with Gasteiger partial charge in [-0.15, -0.1) is 0 Å². The summed E-state index contributed by atoms with van der Waals surface area (Å²) in [5.41, 5.74) is 1.09. The minimum absolute atomic E-state index is 0.00638. The maximum Gasteiger partial charge on any atom is 0.335 e. The third-order valence-corrected chi connectivity index (χ3v) is 17.3. The fraction of sp³-hybridized carbons (Fsp3) is 0.929. The standard InChI is InChI=1S/C42H68O13/c1-37(2)17-21-20-9-10-24-40(6)13-12-26(38(3,4)23(40)11-14-42(24,8)41(20,7)16-15-39(21,5)25(44)18-37)53-36-33(30(48)29(47)32(54-36)34(50)51)55-35-31(49)28(46)27(45)22(19-43)52-35/h9,21-33,35-36,43-49H,10-19H2,1-8H3,(H,50,51)/t21-,22+,23?,24?,25+,26-,27-,28-,29-,30-,31+,32-,33+,35-,36+,39+,40-,41+,42+/m0/s1. The Kier molecular flexibility index (Phi) is 10.6. The van der Waals surface area contributed by atoms with Gasteiger partial charge >= 0.3 is 5.97 Å². The summed E-state index contributed by atoms with van der Waals surface area (Å²) in [4.78, 5) is 12.2. The van der Waals surface area contributed by atoms with E-state index in [1.807, 2.05) is 0 Å². The number of carboxylic acid groups (broad SMARTS) is 1. The van der Waals surface area contributed by atoms with Crippen LogP contribution in [0.15, 0.2) is 11.6 Å². The van der Waals surface area contributed by atoms with E-state index in [0.29, 0.717) is 18.3 Å². The molecule has 0 spiro atoms. The average Bonchev–Trinajstić information content (AvgIpc) is 3.10. The number of carboxylic acids is 1. The van der Waals surface area contributed by atoms with Gasteiger partial charge in [-0.05, 0) is 103 Å². The number of aliphatic hydroxyl groups excluding tert-OH is 7. The third kappa shape index (κ3) is 6.23. The van der Waals surface area contributed by atoms with Crippen molar-refractivity contribution < 1.29 is 64.6 Å². The molecule has 0 aromatic carbocycles. The molecule has 13 heteroatoms. The summed E-state index contributed by atoms with van der Waals surface area (Å²) >= 11 is 0. The van der Waals surface area contributed by atoms with Gasteiger partial charge in [0.25, 0.3) is 0 Å². The molecule has 4 saturated carbocycles. The van der Waals surface area contributed by atoms with Crippen molar-refractivity contribution in [3.05, 3.63) is 11.6 Å². The molecule has 0 radical (unpaired) electrons. The van der Waals surface area contributed by atoms with Gasteiger partial charge < -0.3 is 59.8 Å². The summed E-state index contributed by atoms with van der Waals surface area (Å²) in [5, 5.41) is 84.6. The van der Waals surface area contributed by atoms with Crippen LogP contribution in [0.3, 0.4) is 0 Å². The summed E-state index contributed by atoms with van der Waals surface area (Å²) < 4.78 is 24.0. The quantitative estimate of drug-likeness (QED) is 0.144. The maximum atomic E-state index is 12.2. The van der Waals surface area contributed by atoms with E-state index < -0.39 is 85.5 Å². The van der Waals surface area contributed by atoms with E-state index in [4.69, 9.17) is 18.9 Å². The molecule has 55 heavy (non-hydrogen) atoms. The van der Waals surface area contributed by atoms with Gasteiger partial charge in [0, 0.05) is 5.41 Å². The van der Waals surface area contributed by atoms with Crippen LogP contribution in [0.2, 0.25) is 0 Å². The van der Waals surface area contributed by atoms with Gasteiger partial charge in [0.1, 0.15) is 42.7 Å². The largest absolute Gasteiger partial charge is 0.479 e. The Bertz CT molecular complexity index is 1500. The molecule has 314 valence electrons. The lowest BCUT2D eigenvalue weighted by Gasteiger charge is -2.71. The fourth-order valence-electron chi connectivity index (χ4n) is 13.7. The van der Waals surface area contributed by atoms with Crippen LogP contribution in [0, 0.1) is 50.2 Å². The van der Waals surface area contributed by atoms with Gasteiger partial charge in [0.05, 0.1) is 18.8 Å². The molecule has 0 aromatic rings. The SMILES string of the molecule is CC1(C)C[C@@H](O)[C@]2(C)CC[C@]3(C)C(=CCC4[C@@]5(C)CC[C@H](O[C@@H]6O[C@H](C(=O)O)[C@@H](O)[C@H](O)[C@H]6O[C@@H]6O[C@H](CO)[C@H](O)[C@H](O)[C@H]6O)C(C)(C)C5CC[C@]43C)[C@@H]2C1. The Balaban J connectivity index is 1.15. The molecule has 2 heterocycles. The van der Waals surface area contributed by atoms with Crippen LogP contribution in [0.4, 0.5) is 0 Å². The molecule has 7 aliphatic rings. The first kappa shape index (κ1) is 41.9. The number of carbonyl (C=O) groups is 1. The summed E-state index contributed by atoms with van der Waals surface area (Å²) in [6, 6.07) is 0. The number of hydrogen-bond acceptors (Lipinski definition) is 12. The number of allylic oxidation sites excluding steroid dienone is 2. The molecule has 13 nitrogen and oxygen atoms in total. The molecule has 2 unspecified atom stereocenters. The van der Waals surface area contributed by atoms with Crippen molar-refractivity contribution in [3.63, 3.8) is 0 Å². The molecule has 19 atom stereocenters. The van der Waals surface area contributed by atoms with Crippen LogP contribution in [-0.4, -0.2) is 127 Å². The van der Waals surface area contributed by atoms with Crippen molar-refractivity contribution in [2.45, 2.75) is 187 Å². The molecule has 5 aliphatic carbocycles. The van der Waals surface area contributed by atoms with Crippen molar-refractivity contribution in [3.8, 4) is 0 Å². The summed E-state index contributed by atoms with van der Waals surface area (Å²) in [5.74, 6) is -0.522. The Morgan fingerprint density at radius 3 is 2.09 bits per heavy atom. The number of ether oxygens (including phenoxy) is 4. The molecule has 2 saturated heterocycles. The van der Waals surface area contributed by atoms with Crippen LogP contribution in [0.5, 0.6) is 0 Å². The van der Waals surface area contributed by atoms with Crippen molar-refractivity contribution in [2.24, 2.45) is 50.2 Å². The fourth-order valence-corrected chi connectivity index (χ4v) is 13.7. The smallest absolute Gasteiger partial charge is 0.335 e. The van der Waals surface area contributed by atoms with E-state index in [-0.39, 0.29) is 39.1 Å². The number of fused-ring (bicyclic) bond motifs is 7. The van der Waals surface area contributed by atoms with Crippen molar-refractivity contribution in [1.82, 2.24) is 0 Å². The van der Waals surface area contributed by atoms with Crippen LogP contribution in [0.1, 0.15) is 113 Å². The van der Waals surface area contributed by atoms with Crippen LogP contribution in [0.25, 0.3) is 0 Å². The molecule has 0 aromatic heterocycles. The molecule has 6 fully saturated rings. The Labute approximate surface area is 325 Å². The predicted octanol–water partition coefficient (Wildman–Crippen LogP) is 2.88. The number of hydrogen-bond donors (Lipinski definition) is 8. The van der Waals surface area contributed by atoms with Gasteiger partial charge in [0.2, 0.25) is 0 Å². The van der Waals surface area contributed by atoms with Gasteiger partial charge in [-0.1, -0.05) is 67.0 Å². The summed E-state index contributed by atoms with van der Waals surface area (Å²) in [6.07, 6.45) is -6.63. The van der Waals surface area contributed by atoms with Gasteiger partial charge in [0.15, 0.2) is 18.7 Å². The van der Waals surface area contributed by atoms with Crippen molar-refractivity contribution in [2.75, 3.05) is 6.61 Å². The second-order valence-electron chi connectivity index (χ2n) is 21.0. The van der Waals surface area contributed by atoms with Crippen molar-refractivity contribution in [1.29, 1.82) is 0 Å². The monoisotopic (exact) mass is 780 g/mol. The Morgan fingerprint density at radius 1 is 0.745 bits per heavy atom. The van der Waals surface area contributed by atoms with E-state index >= 15 is 0 Å². The topological polar surface area (TPSA) is 216 Å². The molecule has 7 rings (SSSR count). The predicted molar refractivity (Wildman–Crippen MR) is 198 cm³/mol. The van der Waals surface area contributed by atoms with Crippen LogP contribution >= 0.6 is 0 Å². The average molecular weight is 781 g/mol. The highest BCUT2D eigenvalue weighted by molar-refractivity contribution is 5.73. The lowest BCUT2D eigenvalue weighted by Crippen LogP contribution is -2.67. The number of aliphatic hydroxyl groups is 7. The molecule has 0 bridgehead atoms. The van der Waals surface area contributed by atoms with Crippen LogP contribution < -0.4 is 0 Å². The lowest BCUT2D eigenvalue weighted by atomic mass is 9.33. The highest BCUT2D eigenvalue weighted by Crippen LogP contribution is 2.76. The zero-order valence-corrected chi connectivity index (χ0v) is 33.9. The van der Waals surface area contributed by atoms with Crippen LogP contribution in [-0.2, 0) is 23.7 Å².